The highest BCUT2D eigenvalue weighted by molar-refractivity contribution is 6.35. The fourth-order valence-electron chi connectivity index (χ4n) is 7.89. The van der Waals surface area contributed by atoms with Crippen LogP contribution in [0, 0.1) is 23.7 Å². The summed E-state index contributed by atoms with van der Waals surface area (Å²) in [6.45, 7) is 4.41. The number of nitrogens with one attached hydrogen (secondary N) is 2. The monoisotopic (exact) mass is 573 g/mol. The van der Waals surface area contributed by atoms with E-state index in [0.29, 0.717) is 21.7 Å². The standard InChI is InChI=1S/C30H37Cl2N3O4/c1-16-7-6-10-22(17(16)2)35-26(28(37)33-20-8-4-3-5-9-20)30-12-11-23(39-30)24(25(30)29(35)38)27(36)34-21-14-18(31)13-19(32)15-21/h11-17,20,22-26H,3-10H2,1-2H3,(H,33,37)(H,34,36). The van der Waals surface area contributed by atoms with Crippen LogP contribution in [0.1, 0.15) is 65.2 Å². The normalized spacial score (nSPS) is 37.7. The van der Waals surface area contributed by atoms with E-state index in [1.807, 2.05) is 17.1 Å². The Labute approximate surface area is 240 Å². The van der Waals surface area contributed by atoms with E-state index < -0.39 is 29.6 Å². The van der Waals surface area contributed by atoms with E-state index in [1.165, 1.54) is 6.42 Å². The van der Waals surface area contributed by atoms with E-state index in [4.69, 9.17) is 27.9 Å². The highest BCUT2D eigenvalue weighted by Crippen LogP contribution is 2.57. The topological polar surface area (TPSA) is 87.7 Å². The van der Waals surface area contributed by atoms with Gasteiger partial charge in [0.15, 0.2) is 0 Å². The number of halogens is 2. The molecule has 2 saturated heterocycles. The van der Waals surface area contributed by atoms with E-state index in [-0.39, 0.29) is 35.7 Å². The molecule has 8 unspecified atom stereocenters. The number of likely N-dealkylation sites (tertiary alicyclic amines) is 1. The van der Waals surface area contributed by atoms with Gasteiger partial charge in [-0.15, -0.1) is 0 Å². The molecule has 0 aromatic heterocycles. The maximum Gasteiger partial charge on any atom is 0.246 e. The van der Waals surface area contributed by atoms with Crippen molar-refractivity contribution in [2.75, 3.05) is 5.32 Å². The number of anilines is 1. The van der Waals surface area contributed by atoms with Gasteiger partial charge in [0.1, 0.15) is 11.6 Å². The van der Waals surface area contributed by atoms with Gasteiger partial charge in [-0.05, 0) is 49.3 Å². The van der Waals surface area contributed by atoms with Gasteiger partial charge in [-0.1, -0.05) is 81.3 Å². The van der Waals surface area contributed by atoms with Crippen LogP contribution in [0.3, 0.4) is 0 Å². The van der Waals surface area contributed by atoms with Gasteiger partial charge < -0.3 is 20.3 Å². The molecule has 6 rings (SSSR count). The second-order valence-corrected chi connectivity index (χ2v) is 13.1. The summed E-state index contributed by atoms with van der Waals surface area (Å²) >= 11 is 12.3. The molecule has 2 aliphatic carbocycles. The summed E-state index contributed by atoms with van der Waals surface area (Å²) < 4.78 is 6.53. The first kappa shape index (κ1) is 27.1. The van der Waals surface area contributed by atoms with E-state index in [1.54, 1.807) is 18.2 Å². The minimum absolute atomic E-state index is 0.0742. The third-order valence-electron chi connectivity index (χ3n) is 9.97. The van der Waals surface area contributed by atoms with Gasteiger partial charge in [-0.25, -0.2) is 0 Å². The van der Waals surface area contributed by atoms with Gasteiger partial charge in [0, 0.05) is 27.8 Å². The van der Waals surface area contributed by atoms with E-state index in [9.17, 15) is 14.4 Å². The Morgan fingerprint density at radius 3 is 2.41 bits per heavy atom. The average molecular weight is 575 g/mol. The molecule has 39 heavy (non-hydrogen) atoms. The van der Waals surface area contributed by atoms with Crippen LogP contribution >= 0.6 is 23.2 Å². The van der Waals surface area contributed by atoms with Crippen molar-refractivity contribution in [3.05, 3.63) is 40.4 Å². The van der Waals surface area contributed by atoms with Crippen LogP contribution < -0.4 is 10.6 Å². The maximum absolute atomic E-state index is 14.4. The zero-order chi connectivity index (χ0) is 27.5. The first-order valence-corrected chi connectivity index (χ1v) is 15.2. The number of carbonyl (C=O) groups excluding carboxylic acids is 3. The molecule has 1 spiro atoms. The zero-order valence-electron chi connectivity index (χ0n) is 22.5. The van der Waals surface area contributed by atoms with Crippen molar-refractivity contribution in [2.24, 2.45) is 23.7 Å². The molecule has 3 aliphatic heterocycles. The number of ether oxygens (including phenoxy) is 1. The summed E-state index contributed by atoms with van der Waals surface area (Å²) in [7, 11) is 0. The molecular formula is C30H37Cl2N3O4. The SMILES string of the molecule is CC1CCCC(N2C(=O)C3C(C(=O)Nc4cc(Cl)cc(Cl)c4)C4C=CC3(O4)C2C(=O)NC2CCCCC2)C1C. The highest BCUT2D eigenvalue weighted by Gasteiger charge is 2.73. The van der Waals surface area contributed by atoms with Gasteiger partial charge in [-0.3, -0.25) is 14.4 Å². The van der Waals surface area contributed by atoms with Crippen molar-refractivity contribution in [3.63, 3.8) is 0 Å². The van der Waals surface area contributed by atoms with Gasteiger partial charge in [0.2, 0.25) is 17.7 Å². The molecule has 8 atom stereocenters. The van der Waals surface area contributed by atoms with Gasteiger partial charge in [0.25, 0.3) is 0 Å². The molecule has 210 valence electrons. The second kappa shape index (κ2) is 10.4. The van der Waals surface area contributed by atoms with Gasteiger partial charge in [0.05, 0.1) is 17.9 Å². The van der Waals surface area contributed by atoms with Crippen LogP contribution in [0.5, 0.6) is 0 Å². The molecule has 2 bridgehead atoms. The van der Waals surface area contributed by atoms with Crippen molar-refractivity contribution in [2.45, 2.75) is 95.0 Å². The van der Waals surface area contributed by atoms with Gasteiger partial charge >= 0.3 is 0 Å². The third-order valence-corrected chi connectivity index (χ3v) is 10.4. The quantitative estimate of drug-likeness (QED) is 0.464. The fraction of sp³-hybridized carbons (Fsp3) is 0.633. The Hall–Kier alpha value is -2.09. The number of benzene rings is 1. The molecular weight excluding hydrogens is 537 g/mol. The minimum Gasteiger partial charge on any atom is -0.359 e. The largest absolute Gasteiger partial charge is 0.359 e. The lowest BCUT2D eigenvalue weighted by Crippen LogP contribution is -2.60. The first-order valence-electron chi connectivity index (χ1n) is 14.5. The number of fused-ring (bicyclic) bond motifs is 1. The Bertz CT molecular complexity index is 1180. The number of hydrogen-bond donors (Lipinski definition) is 2. The summed E-state index contributed by atoms with van der Waals surface area (Å²) in [6.07, 6.45) is 11.4. The molecule has 3 amide bonds. The van der Waals surface area contributed by atoms with E-state index in [2.05, 4.69) is 24.5 Å². The predicted octanol–water partition coefficient (Wildman–Crippen LogP) is 5.36. The molecule has 2 N–H and O–H groups in total. The summed E-state index contributed by atoms with van der Waals surface area (Å²) in [4.78, 5) is 44.1. The zero-order valence-corrected chi connectivity index (χ0v) is 24.0. The number of hydrogen-bond acceptors (Lipinski definition) is 4. The molecule has 1 aromatic carbocycles. The Morgan fingerprint density at radius 2 is 1.69 bits per heavy atom. The van der Waals surface area contributed by atoms with Crippen molar-refractivity contribution >= 4 is 46.6 Å². The average Bonchev–Trinajstić information content (AvgIpc) is 3.53. The molecule has 7 nitrogen and oxygen atoms in total. The molecule has 0 radical (unpaired) electrons. The summed E-state index contributed by atoms with van der Waals surface area (Å²) in [6, 6.07) is 4.08. The summed E-state index contributed by atoms with van der Waals surface area (Å²) in [5, 5.41) is 7.00. The van der Waals surface area contributed by atoms with Gasteiger partial charge in [-0.2, -0.15) is 0 Å². The number of nitrogens with zero attached hydrogens (tertiary/aromatic N) is 1. The van der Waals surface area contributed by atoms with Crippen LogP contribution in [0.15, 0.2) is 30.4 Å². The van der Waals surface area contributed by atoms with E-state index in [0.717, 1.165) is 44.9 Å². The Kier molecular flexibility index (Phi) is 7.22. The lowest BCUT2D eigenvalue weighted by molar-refractivity contribution is -0.146. The first-order chi connectivity index (χ1) is 18.7. The van der Waals surface area contributed by atoms with Crippen LogP contribution in [0.4, 0.5) is 5.69 Å². The molecule has 3 heterocycles. The lowest BCUT2D eigenvalue weighted by atomic mass is 9.74. The minimum atomic E-state index is -1.16. The second-order valence-electron chi connectivity index (χ2n) is 12.3. The number of rotatable bonds is 5. The van der Waals surface area contributed by atoms with E-state index >= 15 is 0 Å². The molecule has 2 saturated carbocycles. The van der Waals surface area contributed by atoms with Crippen molar-refractivity contribution in [1.82, 2.24) is 10.2 Å². The number of carbonyl (C=O) groups is 3. The third kappa shape index (κ3) is 4.58. The van der Waals surface area contributed by atoms with Crippen molar-refractivity contribution in [1.29, 1.82) is 0 Å². The van der Waals surface area contributed by atoms with Crippen molar-refractivity contribution < 1.29 is 19.1 Å². The summed E-state index contributed by atoms with van der Waals surface area (Å²) in [5.41, 5.74) is -0.698. The molecule has 1 aromatic rings. The van der Waals surface area contributed by atoms with Crippen LogP contribution in [-0.2, 0) is 19.1 Å². The molecule has 4 fully saturated rings. The Balaban J connectivity index is 1.34. The smallest absolute Gasteiger partial charge is 0.246 e. The predicted molar refractivity (Wildman–Crippen MR) is 150 cm³/mol. The lowest BCUT2D eigenvalue weighted by Gasteiger charge is -2.44. The summed E-state index contributed by atoms with van der Waals surface area (Å²) in [5.74, 6) is -1.49. The van der Waals surface area contributed by atoms with Crippen LogP contribution in [-0.4, -0.2) is 52.5 Å². The Morgan fingerprint density at radius 1 is 0.974 bits per heavy atom. The van der Waals surface area contributed by atoms with Crippen LogP contribution in [0.25, 0.3) is 0 Å². The maximum atomic E-state index is 14.4. The van der Waals surface area contributed by atoms with Crippen molar-refractivity contribution in [3.8, 4) is 0 Å². The fourth-order valence-corrected chi connectivity index (χ4v) is 8.42. The van der Waals surface area contributed by atoms with Crippen LogP contribution in [0.2, 0.25) is 10.0 Å². The highest BCUT2D eigenvalue weighted by atomic mass is 35.5. The number of amides is 3. The molecule has 5 aliphatic rings. The molecule has 9 heteroatoms.